The zero-order valence-electron chi connectivity index (χ0n) is 12.8. The van der Waals surface area contributed by atoms with Crippen molar-refractivity contribution in [1.29, 1.82) is 0 Å². The largest absolute Gasteiger partial charge is 0.481 e. The first-order valence-electron chi connectivity index (χ1n) is 7.76. The number of piperidine rings is 1. The third-order valence-electron chi connectivity index (χ3n) is 4.05. The van der Waals surface area contributed by atoms with E-state index in [1.807, 2.05) is 48.6 Å². The van der Waals surface area contributed by atoms with Crippen molar-refractivity contribution in [2.45, 2.75) is 12.8 Å². The first kappa shape index (κ1) is 15.2. The predicted octanol–water partition coefficient (Wildman–Crippen LogP) is 2.95. The summed E-state index contributed by atoms with van der Waals surface area (Å²) in [5.41, 5.74) is 1.10. The Morgan fingerprint density at radius 3 is 2.57 bits per heavy atom. The average molecular weight is 309 g/mol. The molecule has 2 heterocycles. The topological polar surface area (TPSA) is 66.3 Å². The zero-order valence-corrected chi connectivity index (χ0v) is 12.8. The molecule has 1 N–H and O–H groups in total. The van der Waals surface area contributed by atoms with Crippen molar-refractivity contribution in [2.75, 3.05) is 18.0 Å². The van der Waals surface area contributed by atoms with Crippen LogP contribution in [0.3, 0.4) is 0 Å². The van der Waals surface area contributed by atoms with Crippen LogP contribution >= 0.6 is 0 Å². The summed E-state index contributed by atoms with van der Waals surface area (Å²) >= 11 is 0. The molecule has 0 saturated carbocycles. The minimum atomic E-state index is -0.696. The fourth-order valence-electron chi connectivity index (χ4n) is 2.71. The lowest BCUT2D eigenvalue weighted by Crippen LogP contribution is -2.36. The van der Waals surface area contributed by atoms with Gasteiger partial charge in [-0.05, 0) is 30.5 Å². The van der Waals surface area contributed by atoms with E-state index in [1.165, 1.54) is 0 Å². The van der Waals surface area contributed by atoms with Crippen molar-refractivity contribution in [3.8, 4) is 0 Å². The molecule has 1 saturated heterocycles. The Kier molecular flexibility index (Phi) is 4.66. The number of rotatable bonds is 4. The summed E-state index contributed by atoms with van der Waals surface area (Å²) in [4.78, 5) is 22.0. The lowest BCUT2D eigenvalue weighted by Gasteiger charge is -2.30. The molecule has 2 aromatic rings. The molecule has 0 bridgehead atoms. The normalized spacial score (nSPS) is 15.9. The monoisotopic (exact) mass is 309 g/mol. The van der Waals surface area contributed by atoms with Gasteiger partial charge in [0.15, 0.2) is 5.82 Å². The van der Waals surface area contributed by atoms with E-state index < -0.39 is 5.97 Å². The van der Waals surface area contributed by atoms with Gasteiger partial charge in [-0.2, -0.15) is 0 Å². The van der Waals surface area contributed by atoms with Crippen molar-refractivity contribution in [3.05, 3.63) is 54.0 Å². The predicted molar refractivity (Wildman–Crippen MR) is 90.0 cm³/mol. The molecule has 0 aliphatic carbocycles. The van der Waals surface area contributed by atoms with Crippen LogP contribution in [0.2, 0.25) is 0 Å². The maximum Gasteiger partial charge on any atom is 0.306 e. The van der Waals surface area contributed by atoms with Crippen molar-refractivity contribution >= 4 is 23.9 Å². The zero-order chi connectivity index (χ0) is 16.1. The number of hydrogen-bond acceptors (Lipinski definition) is 4. The summed E-state index contributed by atoms with van der Waals surface area (Å²) in [5, 5.41) is 9.06. The minimum Gasteiger partial charge on any atom is -0.481 e. The van der Waals surface area contributed by atoms with E-state index in [9.17, 15) is 4.79 Å². The van der Waals surface area contributed by atoms with Crippen LogP contribution in [0.4, 0.5) is 5.82 Å². The molecule has 1 aliphatic rings. The van der Waals surface area contributed by atoms with Gasteiger partial charge in [0, 0.05) is 19.3 Å². The van der Waals surface area contributed by atoms with Crippen molar-refractivity contribution < 1.29 is 9.90 Å². The quantitative estimate of drug-likeness (QED) is 0.940. The van der Waals surface area contributed by atoms with Gasteiger partial charge in [0.25, 0.3) is 0 Å². The fraction of sp³-hybridized carbons (Fsp3) is 0.278. The maximum absolute atomic E-state index is 11.0. The lowest BCUT2D eigenvalue weighted by molar-refractivity contribution is -0.142. The van der Waals surface area contributed by atoms with Gasteiger partial charge in [-0.25, -0.2) is 9.97 Å². The summed E-state index contributed by atoms with van der Waals surface area (Å²) in [6, 6.07) is 11.9. The Morgan fingerprint density at radius 1 is 1.13 bits per heavy atom. The first-order valence-corrected chi connectivity index (χ1v) is 7.76. The van der Waals surface area contributed by atoms with E-state index >= 15 is 0 Å². The molecule has 5 nitrogen and oxygen atoms in total. The molecular formula is C18H19N3O2. The molecule has 3 rings (SSSR count). The van der Waals surface area contributed by atoms with Crippen LogP contribution in [-0.4, -0.2) is 34.1 Å². The van der Waals surface area contributed by atoms with Gasteiger partial charge in [0.1, 0.15) is 5.82 Å². The second-order valence-corrected chi connectivity index (χ2v) is 5.62. The highest BCUT2D eigenvalue weighted by Crippen LogP contribution is 2.22. The third kappa shape index (κ3) is 3.94. The van der Waals surface area contributed by atoms with Crippen LogP contribution in [0.25, 0.3) is 12.2 Å². The average Bonchev–Trinajstić information content (AvgIpc) is 2.61. The maximum atomic E-state index is 11.0. The molecule has 1 fully saturated rings. The van der Waals surface area contributed by atoms with E-state index in [0.29, 0.717) is 18.7 Å². The van der Waals surface area contributed by atoms with Crippen molar-refractivity contribution in [1.82, 2.24) is 9.97 Å². The second kappa shape index (κ2) is 7.05. The summed E-state index contributed by atoms with van der Waals surface area (Å²) in [7, 11) is 0. The molecule has 5 heteroatoms. The molecule has 1 aromatic heterocycles. The van der Waals surface area contributed by atoms with Crippen LogP contribution < -0.4 is 4.90 Å². The third-order valence-corrected chi connectivity index (χ3v) is 4.05. The SMILES string of the molecule is O=C(O)C1CCN(c2ccnc(/C=C/c3ccccc3)n2)CC1. The van der Waals surface area contributed by atoms with Gasteiger partial charge in [-0.3, -0.25) is 4.79 Å². The van der Waals surface area contributed by atoms with Gasteiger partial charge < -0.3 is 10.0 Å². The van der Waals surface area contributed by atoms with Crippen LogP contribution in [0, 0.1) is 5.92 Å². The van der Waals surface area contributed by atoms with E-state index in [4.69, 9.17) is 5.11 Å². The van der Waals surface area contributed by atoms with Crippen molar-refractivity contribution in [3.63, 3.8) is 0 Å². The highest BCUT2D eigenvalue weighted by molar-refractivity contribution is 5.70. The molecule has 1 aromatic carbocycles. The Morgan fingerprint density at radius 2 is 1.87 bits per heavy atom. The molecule has 23 heavy (non-hydrogen) atoms. The summed E-state index contributed by atoms with van der Waals surface area (Å²) in [6.07, 6.45) is 6.94. The number of hydrogen-bond donors (Lipinski definition) is 1. The summed E-state index contributed by atoms with van der Waals surface area (Å²) in [6.45, 7) is 1.44. The van der Waals surface area contributed by atoms with E-state index in [2.05, 4.69) is 14.9 Å². The summed E-state index contributed by atoms with van der Waals surface area (Å²) in [5.74, 6) is 0.590. The highest BCUT2D eigenvalue weighted by atomic mass is 16.4. The van der Waals surface area contributed by atoms with Crippen LogP contribution in [0.5, 0.6) is 0 Å². The van der Waals surface area contributed by atoms with Gasteiger partial charge >= 0.3 is 5.97 Å². The molecule has 1 aliphatic heterocycles. The minimum absolute atomic E-state index is 0.231. The number of carboxylic acid groups (broad SMARTS) is 1. The molecular weight excluding hydrogens is 290 g/mol. The number of benzene rings is 1. The number of carbonyl (C=O) groups is 1. The van der Waals surface area contributed by atoms with Crippen LogP contribution in [0.1, 0.15) is 24.2 Å². The Hall–Kier alpha value is -2.69. The van der Waals surface area contributed by atoms with Crippen molar-refractivity contribution in [2.24, 2.45) is 5.92 Å². The van der Waals surface area contributed by atoms with E-state index in [1.54, 1.807) is 6.20 Å². The lowest BCUT2D eigenvalue weighted by atomic mass is 9.97. The number of anilines is 1. The Bertz CT molecular complexity index is 692. The highest BCUT2D eigenvalue weighted by Gasteiger charge is 2.25. The smallest absolute Gasteiger partial charge is 0.306 e. The standard InChI is InChI=1S/C18H19N3O2/c22-18(23)15-9-12-21(13-10-15)17-8-11-19-16(20-17)7-6-14-4-2-1-3-5-14/h1-8,11,15H,9-10,12-13H2,(H,22,23)/b7-6+. The Labute approximate surface area is 135 Å². The van der Waals surface area contributed by atoms with Gasteiger partial charge in [0.2, 0.25) is 0 Å². The fourth-order valence-corrected chi connectivity index (χ4v) is 2.71. The first-order chi connectivity index (χ1) is 11.2. The molecule has 0 spiro atoms. The molecule has 0 amide bonds. The number of aliphatic carboxylic acids is 1. The number of nitrogens with zero attached hydrogens (tertiary/aromatic N) is 3. The molecule has 118 valence electrons. The molecule has 0 unspecified atom stereocenters. The van der Waals surface area contributed by atoms with E-state index in [0.717, 1.165) is 24.5 Å². The second-order valence-electron chi connectivity index (χ2n) is 5.62. The van der Waals surface area contributed by atoms with E-state index in [-0.39, 0.29) is 5.92 Å². The van der Waals surface area contributed by atoms with Crippen LogP contribution in [0.15, 0.2) is 42.6 Å². The molecule has 0 radical (unpaired) electrons. The van der Waals surface area contributed by atoms with Gasteiger partial charge in [0.05, 0.1) is 5.92 Å². The van der Waals surface area contributed by atoms with Crippen LogP contribution in [-0.2, 0) is 4.79 Å². The Balaban J connectivity index is 1.68. The van der Waals surface area contributed by atoms with Gasteiger partial charge in [-0.1, -0.05) is 36.4 Å². The number of carboxylic acids is 1. The molecule has 0 atom stereocenters. The number of aromatic nitrogens is 2. The summed E-state index contributed by atoms with van der Waals surface area (Å²) < 4.78 is 0. The van der Waals surface area contributed by atoms with Gasteiger partial charge in [-0.15, -0.1) is 0 Å².